The fourth-order valence-corrected chi connectivity index (χ4v) is 4.76. The van der Waals surface area contributed by atoms with Gasteiger partial charge in [-0.2, -0.15) is 0 Å². The van der Waals surface area contributed by atoms with E-state index < -0.39 is 0 Å². The molecule has 184 valence electrons. The zero-order valence-electron chi connectivity index (χ0n) is 20.5. The van der Waals surface area contributed by atoms with E-state index in [9.17, 15) is 4.79 Å². The third kappa shape index (κ3) is 5.76. The maximum Gasteiger partial charge on any atom is 0.338 e. The van der Waals surface area contributed by atoms with Gasteiger partial charge in [-0.15, -0.1) is 0 Å². The number of piperidine rings is 1. The van der Waals surface area contributed by atoms with Crippen LogP contribution in [0.4, 0.5) is 0 Å². The number of hydrogen-bond donors (Lipinski definition) is 1. The molecule has 5 heteroatoms. The molecule has 4 aromatic rings. The first-order valence-corrected chi connectivity index (χ1v) is 12.4. The highest BCUT2D eigenvalue weighted by molar-refractivity contribution is 5.89. The molecule has 5 nitrogen and oxygen atoms in total. The molecule has 4 aromatic carbocycles. The average Bonchev–Trinajstić information content (AvgIpc) is 2.95. The molecule has 1 saturated heterocycles. The van der Waals surface area contributed by atoms with Crippen LogP contribution in [0, 0.1) is 0 Å². The Bertz CT molecular complexity index is 1320. The van der Waals surface area contributed by atoms with Gasteiger partial charge in [0.1, 0.15) is 12.4 Å². The summed E-state index contributed by atoms with van der Waals surface area (Å²) in [7, 11) is 1.58. The summed E-state index contributed by atoms with van der Waals surface area (Å²) in [5, 5.41) is 5.96. The number of ether oxygens (including phenoxy) is 3. The summed E-state index contributed by atoms with van der Waals surface area (Å²) >= 11 is 0. The number of carbonyl (C=O) groups excluding carboxylic acids is 1. The van der Waals surface area contributed by atoms with Gasteiger partial charge in [-0.05, 0) is 64.7 Å². The largest absolute Gasteiger partial charge is 0.497 e. The van der Waals surface area contributed by atoms with Gasteiger partial charge < -0.3 is 19.5 Å². The number of rotatable bonds is 8. The van der Waals surface area contributed by atoms with Gasteiger partial charge in [0.05, 0.1) is 25.4 Å². The topological polar surface area (TPSA) is 56.8 Å². The van der Waals surface area contributed by atoms with Gasteiger partial charge in [-0.1, -0.05) is 66.7 Å². The Labute approximate surface area is 212 Å². The molecule has 1 aliphatic heterocycles. The van der Waals surface area contributed by atoms with Crippen LogP contribution in [0.15, 0.2) is 91.0 Å². The van der Waals surface area contributed by atoms with Gasteiger partial charge in [-0.25, -0.2) is 4.79 Å². The molecule has 0 radical (unpaired) electrons. The molecule has 36 heavy (non-hydrogen) atoms. The van der Waals surface area contributed by atoms with Crippen LogP contribution in [-0.2, 0) is 22.7 Å². The third-order valence-electron chi connectivity index (χ3n) is 6.79. The molecule has 0 saturated carbocycles. The van der Waals surface area contributed by atoms with Crippen molar-refractivity contribution in [1.29, 1.82) is 0 Å². The molecule has 0 aromatic heterocycles. The van der Waals surface area contributed by atoms with E-state index in [1.807, 2.05) is 12.1 Å². The van der Waals surface area contributed by atoms with Crippen LogP contribution < -0.4 is 10.1 Å². The first-order valence-electron chi connectivity index (χ1n) is 12.4. The summed E-state index contributed by atoms with van der Waals surface area (Å²) in [6.07, 6.45) is 1.12. The fraction of sp³-hybridized carbons (Fsp3) is 0.258. The van der Waals surface area contributed by atoms with Gasteiger partial charge >= 0.3 is 5.97 Å². The van der Waals surface area contributed by atoms with Gasteiger partial charge in [0.2, 0.25) is 0 Å². The molecule has 0 bridgehead atoms. The van der Waals surface area contributed by atoms with E-state index in [1.165, 1.54) is 21.9 Å². The van der Waals surface area contributed by atoms with Gasteiger partial charge in [0.25, 0.3) is 0 Å². The third-order valence-corrected chi connectivity index (χ3v) is 6.79. The minimum absolute atomic E-state index is 0.0990. The van der Waals surface area contributed by atoms with E-state index in [1.54, 1.807) is 31.4 Å². The van der Waals surface area contributed by atoms with Crippen LogP contribution in [0.1, 0.15) is 39.4 Å². The predicted molar refractivity (Wildman–Crippen MR) is 141 cm³/mol. The van der Waals surface area contributed by atoms with E-state index in [0.29, 0.717) is 23.8 Å². The Kier molecular flexibility index (Phi) is 7.60. The van der Waals surface area contributed by atoms with Gasteiger partial charge in [0, 0.05) is 12.5 Å². The molecule has 5 rings (SSSR count). The standard InChI is InChI=1S/C31H31NO4/c1-34-28-8-4-7-27(18-28)31(33)36-20-22-9-13-25(14-10-22)29-15-16-32-19-30(29)35-21-23-11-12-24-5-2-3-6-26(24)17-23/h2-14,17-18,29-30,32H,15-16,19-21H2,1H3/t29-,30+/m0/s1. The summed E-state index contributed by atoms with van der Waals surface area (Å²) in [6, 6.07) is 30.2. The van der Waals surface area contributed by atoms with Crippen LogP contribution >= 0.6 is 0 Å². The van der Waals surface area contributed by atoms with Crippen LogP contribution in [-0.4, -0.2) is 32.3 Å². The SMILES string of the molecule is COc1cccc(C(=O)OCc2ccc([C@@H]3CCNC[C@H]3OCc3ccc4ccccc4c3)cc2)c1. The highest BCUT2D eigenvalue weighted by Crippen LogP contribution is 2.29. The molecular weight excluding hydrogens is 450 g/mol. The first kappa shape index (κ1) is 24.0. The van der Waals surface area contributed by atoms with Crippen molar-refractivity contribution in [2.45, 2.75) is 31.7 Å². The second-order valence-electron chi connectivity index (χ2n) is 9.18. The summed E-state index contributed by atoms with van der Waals surface area (Å²) < 4.78 is 17.1. The average molecular weight is 482 g/mol. The van der Waals surface area contributed by atoms with E-state index in [-0.39, 0.29) is 18.7 Å². The maximum absolute atomic E-state index is 12.4. The number of methoxy groups -OCH3 is 1. The van der Waals surface area contributed by atoms with E-state index in [2.05, 4.69) is 59.9 Å². The highest BCUT2D eigenvalue weighted by atomic mass is 16.5. The van der Waals surface area contributed by atoms with E-state index in [0.717, 1.165) is 25.1 Å². The number of fused-ring (bicyclic) bond motifs is 1. The zero-order valence-corrected chi connectivity index (χ0v) is 20.5. The summed E-state index contributed by atoms with van der Waals surface area (Å²) in [5.41, 5.74) is 3.87. The summed E-state index contributed by atoms with van der Waals surface area (Å²) in [6.45, 7) is 2.62. The van der Waals surface area contributed by atoms with E-state index in [4.69, 9.17) is 14.2 Å². The molecule has 2 atom stereocenters. The number of hydrogen-bond acceptors (Lipinski definition) is 5. The normalized spacial score (nSPS) is 17.6. The lowest BCUT2D eigenvalue weighted by Crippen LogP contribution is -2.40. The maximum atomic E-state index is 12.4. The molecule has 1 aliphatic rings. The molecule has 1 fully saturated rings. The number of benzene rings is 4. The summed E-state index contributed by atoms with van der Waals surface area (Å²) in [4.78, 5) is 12.4. The molecule has 1 heterocycles. The van der Waals surface area contributed by atoms with Crippen molar-refractivity contribution in [2.75, 3.05) is 20.2 Å². The Balaban J connectivity index is 1.19. The molecule has 0 spiro atoms. The molecule has 1 N–H and O–H groups in total. The van der Waals surface area contributed by atoms with Crippen molar-refractivity contribution in [3.8, 4) is 5.75 Å². The lowest BCUT2D eigenvalue weighted by atomic mass is 9.87. The molecule has 0 amide bonds. The van der Waals surface area contributed by atoms with Crippen LogP contribution in [0.3, 0.4) is 0 Å². The Hall–Kier alpha value is -3.67. The zero-order chi connectivity index (χ0) is 24.7. The molecule has 0 aliphatic carbocycles. The van der Waals surface area contributed by atoms with Crippen molar-refractivity contribution in [3.05, 3.63) is 113 Å². The second-order valence-corrected chi connectivity index (χ2v) is 9.18. The number of carbonyl (C=O) groups is 1. The van der Waals surface area contributed by atoms with Crippen molar-refractivity contribution in [3.63, 3.8) is 0 Å². The first-order chi connectivity index (χ1) is 17.7. The predicted octanol–water partition coefficient (Wildman–Crippen LogP) is 5.87. The number of nitrogens with one attached hydrogen (secondary N) is 1. The quantitative estimate of drug-likeness (QED) is 0.319. The highest BCUT2D eigenvalue weighted by Gasteiger charge is 2.27. The monoisotopic (exact) mass is 481 g/mol. The molecule has 0 unspecified atom stereocenters. The minimum atomic E-state index is -0.363. The van der Waals surface area contributed by atoms with Crippen molar-refractivity contribution in [1.82, 2.24) is 5.32 Å². The van der Waals surface area contributed by atoms with Crippen LogP contribution in [0.2, 0.25) is 0 Å². The Morgan fingerprint density at radius 1 is 0.861 bits per heavy atom. The lowest BCUT2D eigenvalue weighted by molar-refractivity contribution is 0.0106. The summed E-state index contributed by atoms with van der Waals surface area (Å²) in [5.74, 6) is 0.590. The van der Waals surface area contributed by atoms with Crippen molar-refractivity contribution in [2.24, 2.45) is 0 Å². The number of esters is 1. The van der Waals surface area contributed by atoms with Crippen molar-refractivity contribution < 1.29 is 19.0 Å². The fourth-order valence-electron chi connectivity index (χ4n) is 4.76. The van der Waals surface area contributed by atoms with E-state index >= 15 is 0 Å². The second kappa shape index (κ2) is 11.4. The Morgan fingerprint density at radius 2 is 1.67 bits per heavy atom. The van der Waals surface area contributed by atoms with Gasteiger partial charge in [-0.3, -0.25) is 0 Å². The molecular formula is C31H31NO4. The van der Waals surface area contributed by atoms with Gasteiger partial charge in [0.15, 0.2) is 0 Å². The smallest absolute Gasteiger partial charge is 0.338 e. The Morgan fingerprint density at radius 3 is 2.50 bits per heavy atom. The lowest BCUT2D eigenvalue weighted by Gasteiger charge is -2.32. The van der Waals surface area contributed by atoms with Crippen LogP contribution in [0.5, 0.6) is 5.75 Å². The van der Waals surface area contributed by atoms with Crippen LogP contribution in [0.25, 0.3) is 10.8 Å². The van der Waals surface area contributed by atoms with Crippen molar-refractivity contribution >= 4 is 16.7 Å². The minimum Gasteiger partial charge on any atom is -0.497 e.